The van der Waals surface area contributed by atoms with Crippen molar-refractivity contribution >= 4 is 17.7 Å². The van der Waals surface area contributed by atoms with Crippen LogP contribution in [0.2, 0.25) is 0 Å². The van der Waals surface area contributed by atoms with Crippen LogP contribution < -0.4 is 10.6 Å². The van der Waals surface area contributed by atoms with Gasteiger partial charge < -0.3 is 10.6 Å². The van der Waals surface area contributed by atoms with Crippen LogP contribution in [-0.2, 0) is 12.1 Å². The first-order valence-electron chi connectivity index (χ1n) is 9.32. The molecule has 2 heterocycles. The molecule has 2 atom stereocenters. The number of carbonyl (C=O) groups is 1. The van der Waals surface area contributed by atoms with E-state index in [1.54, 1.807) is 6.20 Å². The van der Waals surface area contributed by atoms with E-state index in [1.807, 2.05) is 18.4 Å². The number of pyridine rings is 1. The van der Waals surface area contributed by atoms with Crippen molar-refractivity contribution in [1.29, 1.82) is 0 Å². The van der Waals surface area contributed by atoms with Crippen molar-refractivity contribution in [1.82, 2.24) is 15.6 Å². The van der Waals surface area contributed by atoms with Crippen LogP contribution in [0, 0.1) is 5.92 Å². The number of rotatable bonds is 5. The lowest BCUT2D eigenvalue weighted by Gasteiger charge is -2.35. The van der Waals surface area contributed by atoms with Gasteiger partial charge in [-0.3, -0.25) is 4.79 Å². The number of carbonyl (C=O) groups excluding carboxylic acids is 1. The molecule has 1 amide bonds. The van der Waals surface area contributed by atoms with Gasteiger partial charge in [0.2, 0.25) is 0 Å². The average molecular weight is 368 g/mol. The second-order valence-corrected chi connectivity index (χ2v) is 8.12. The van der Waals surface area contributed by atoms with Crippen LogP contribution >= 0.6 is 11.8 Å². The second-order valence-electron chi connectivity index (χ2n) is 7.33. The van der Waals surface area contributed by atoms with Crippen molar-refractivity contribution in [3.63, 3.8) is 0 Å². The Balaban J connectivity index is 1.54. The maximum atomic E-state index is 12.7. The Morgan fingerprint density at radius 2 is 2.23 bits per heavy atom. The van der Waals surface area contributed by atoms with Gasteiger partial charge >= 0.3 is 0 Å². The van der Waals surface area contributed by atoms with Crippen molar-refractivity contribution in [2.75, 3.05) is 12.8 Å². The molecule has 26 heavy (non-hydrogen) atoms. The van der Waals surface area contributed by atoms with E-state index in [2.05, 4.69) is 39.9 Å². The number of aromatic nitrogens is 1. The largest absolute Gasteiger partial charge is 0.348 e. The third kappa shape index (κ3) is 3.26. The first-order valence-corrected chi connectivity index (χ1v) is 10.5. The Kier molecular flexibility index (Phi) is 5.00. The van der Waals surface area contributed by atoms with Crippen molar-refractivity contribution in [2.45, 2.75) is 42.8 Å². The highest BCUT2D eigenvalue weighted by Gasteiger charge is 2.43. The van der Waals surface area contributed by atoms with Crippen molar-refractivity contribution in [2.24, 2.45) is 5.92 Å². The van der Waals surface area contributed by atoms with Crippen LogP contribution in [0.5, 0.6) is 0 Å². The fraction of sp³-hybridized carbons (Fsp3) is 0.429. The molecule has 1 aromatic heterocycles. The average Bonchev–Trinajstić information content (AvgIpc) is 3.00. The van der Waals surface area contributed by atoms with E-state index in [9.17, 15) is 4.79 Å². The van der Waals surface area contributed by atoms with Crippen molar-refractivity contribution < 1.29 is 4.79 Å². The number of amides is 1. The molecule has 5 heteroatoms. The summed E-state index contributed by atoms with van der Waals surface area (Å²) in [6.45, 7) is 1.67. The fourth-order valence-corrected chi connectivity index (χ4v) is 5.09. The first-order chi connectivity index (χ1) is 12.7. The van der Waals surface area contributed by atoms with Crippen LogP contribution in [0.15, 0.2) is 47.6 Å². The predicted octanol–water partition coefficient (Wildman–Crippen LogP) is 3.72. The number of thioether (sulfide) groups is 1. The molecule has 4 nitrogen and oxygen atoms in total. The number of benzene rings is 1. The molecule has 2 aliphatic rings. The van der Waals surface area contributed by atoms with Crippen LogP contribution in [0.1, 0.15) is 47.2 Å². The van der Waals surface area contributed by atoms with E-state index >= 15 is 0 Å². The molecule has 1 aromatic carbocycles. The van der Waals surface area contributed by atoms with Gasteiger partial charge in [0.15, 0.2) is 0 Å². The van der Waals surface area contributed by atoms with E-state index in [0.29, 0.717) is 12.1 Å². The number of nitrogens with zero attached hydrogens (tertiary/aromatic N) is 1. The Morgan fingerprint density at radius 3 is 3.12 bits per heavy atom. The molecule has 0 radical (unpaired) electrons. The summed E-state index contributed by atoms with van der Waals surface area (Å²) in [6, 6.07) is 12.2. The molecular weight excluding hydrogens is 342 g/mol. The molecule has 2 N–H and O–H groups in total. The first kappa shape index (κ1) is 17.6. The van der Waals surface area contributed by atoms with Crippen LogP contribution in [0.25, 0.3) is 0 Å². The monoisotopic (exact) mass is 367 g/mol. The summed E-state index contributed by atoms with van der Waals surface area (Å²) in [4.78, 5) is 16.9. The maximum absolute atomic E-state index is 12.7. The highest BCUT2D eigenvalue weighted by atomic mass is 32.2. The highest BCUT2D eigenvalue weighted by Crippen LogP contribution is 2.45. The minimum Gasteiger partial charge on any atom is -0.348 e. The van der Waals surface area contributed by atoms with Gasteiger partial charge in [-0.05, 0) is 61.2 Å². The normalized spacial score (nSPS) is 24.4. The molecule has 136 valence electrons. The van der Waals surface area contributed by atoms with Gasteiger partial charge in [-0.1, -0.05) is 30.7 Å². The molecule has 4 rings (SSSR count). The molecule has 2 aromatic rings. The summed E-state index contributed by atoms with van der Waals surface area (Å²) in [5.41, 5.74) is 3.32. The van der Waals surface area contributed by atoms with Crippen LogP contribution in [0.4, 0.5) is 0 Å². The lowest BCUT2D eigenvalue weighted by atomic mass is 9.74. The molecule has 1 saturated carbocycles. The molecule has 2 bridgehead atoms. The summed E-state index contributed by atoms with van der Waals surface area (Å²) >= 11 is 1.50. The second kappa shape index (κ2) is 7.41. The van der Waals surface area contributed by atoms with Crippen molar-refractivity contribution in [3.8, 4) is 0 Å². The molecule has 1 aliphatic heterocycles. The number of hydrogen-bond donors (Lipinski definition) is 2. The maximum Gasteiger partial charge on any atom is 0.254 e. The number of nitrogens with one attached hydrogen (secondary N) is 2. The Morgan fingerprint density at radius 1 is 1.35 bits per heavy atom. The SMILES string of the molecule is CSc1ncccc1C(=O)NCc1ccccc1C12CCCC(CN1)C2. The number of fused-ring (bicyclic) bond motifs is 2. The Labute approximate surface area is 159 Å². The van der Waals surface area contributed by atoms with Crippen LogP contribution in [-0.4, -0.2) is 23.7 Å². The van der Waals surface area contributed by atoms with Gasteiger partial charge in [0, 0.05) is 18.3 Å². The minimum absolute atomic E-state index is 0.0596. The summed E-state index contributed by atoms with van der Waals surface area (Å²) in [6.07, 6.45) is 8.70. The summed E-state index contributed by atoms with van der Waals surface area (Å²) in [5.74, 6) is 0.738. The van der Waals surface area contributed by atoms with E-state index in [0.717, 1.165) is 17.5 Å². The molecule has 2 unspecified atom stereocenters. The van der Waals surface area contributed by atoms with E-state index in [1.165, 1.54) is 48.6 Å². The zero-order chi connectivity index (χ0) is 18.0. The standard InChI is InChI=1S/C21H25N3OS/c1-26-20-17(8-5-11-22-20)19(25)23-14-16-7-2-3-9-18(16)21-10-4-6-15(12-21)13-24-21/h2-3,5,7-9,11,15,24H,4,6,10,12-14H2,1H3,(H,23,25). The zero-order valence-corrected chi connectivity index (χ0v) is 15.9. The molecule has 1 saturated heterocycles. The van der Waals surface area contributed by atoms with Crippen molar-refractivity contribution in [3.05, 3.63) is 59.3 Å². The quantitative estimate of drug-likeness (QED) is 0.791. The van der Waals surface area contributed by atoms with Crippen LogP contribution in [0.3, 0.4) is 0 Å². The van der Waals surface area contributed by atoms with Gasteiger partial charge in [-0.2, -0.15) is 0 Å². The topological polar surface area (TPSA) is 54.0 Å². The van der Waals surface area contributed by atoms with Gasteiger partial charge in [0.25, 0.3) is 5.91 Å². The lowest BCUT2D eigenvalue weighted by Crippen LogP contribution is -2.38. The summed E-state index contributed by atoms with van der Waals surface area (Å²) in [5, 5.41) is 7.67. The smallest absolute Gasteiger partial charge is 0.254 e. The minimum atomic E-state index is -0.0596. The van der Waals surface area contributed by atoms with Gasteiger partial charge in [-0.15, -0.1) is 11.8 Å². The van der Waals surface area contributed by atoms with Gasteiger partial charge in [0.1, 0.15) is 5.03 Å². The fourth-order valence-electron chi connectivity index (χ4n) is 4.54. The van der Waals surface area contributed by atoms with Gasteiger partial charge in [-0.25, -0.2) is 4.98 Å². The Hall–Kier alpha value is -1.85. The molecule has 2 fully saturated rings. The third-order valence-electron chi connectivity index (χ3n) is 5.76. The van der Waals surface area contributed by atoms with E-state index in [-0.39, 0.29) is 11.4 Å². The van der Waals surface area contributed by atoms with E-state index in [4.69, 9.17) is 0 Å². The lowest BCUT2D eigenvalue weighted by molar-refractivity contribution is 0.0947. The highest BCUT2D eigenvalue weighted by molar-refractivity contribution is 7.98. The third-order valence-corrected chi connectivity index (χ3v) is 6.48. The zero-order valence-electron chi connectivity index (χ0n) is 15.1. The predicted molar refractivity (Wildman–Crippen MR) is 105 cm³/mol. The Bertz CT molecular complexity index is 805. The number of hydrogen-bond acceptors (Lipinski definition) is 4. The molecule has 1 aliphatic carbocycles. The van der Waals surface area contributed by atoms with E-state index < -0.39 is 0 Å². The molecular formula is C21H25N3OS. The summed E-state index contributed by atoms with van der Waals surface area (Å²) in [7, 11) is 0. The van der Waals surface area contributed by atoms with Gasteiger partial charge in [0.05, 0.1) is 5.56 Å². The molecule has 0 spiro atoms. The summed E-state index contributed by atoms with van der Waals surface area (Å²) < 4.78 is 0.